The van der Waals surface area contributed by atoms with Crippen molar-refractivity contribution in [3.63, 3.8) is 0 Å². The first-order chi connectivity index (χ1) is 6.61. The van der Waals surface area contributed by atoms with Gasteiger partial charge in [0.2, 0.25) is 0 Å². The molecule has 1 saturated carbocycles. The van der Waals surface area contributed by atoms with Gasteiger partial charge in [0.05, 0.1) is 6.04 Å². The molecule has 82 valence electrons. The van der Waals surface area contributed by atoms with Crippen molar-refractivity contribution >= 4 is 5.78 Å². The molecule has 2 unspecified atom stereocenters. The zero-order valence-corrected chi connectivity index (χ0v) is 9.46. The van der Waals surface area contributed by atoms with E-state index in [4.69, 9.17) is 5.73 Å². The summed E-state index contributed by atoms with van der Waals surface area (Å²) in [4.78, 5) is 11.0. The molecule has 1 rings (SSSR count). The Balaban J connectivity index is 2.00. The molecule has 0 radical (unpaired) electrons. The number of Topliss-reactive ketones (excluding diaryl/α,β-unsaturated/α-hetero) is 1. The molecular weight excluding hydrogens is 174 g/mol. The van der Waals surface area contributed by atoms with E-state index in [1.54, 1.807) is 6.92 Å². The van der Waals surface area contributed by atoms with Crippen molar-refractivity contribution in [2.45, 2.75) is 58.4 Å². The maximum atomic E-state index is 11.0. The second kappa shape index (κ2) is 5.50. The van der Waals surface area contributed by atoms with Crippen molar-refractivity contribution < 1.29 is 4.79 Å². The second-order valence-electron chi connectivity index (χ2n) is 4.84. The Hall–Kier alpha value is -0.370. The van der Waals surface area contributed by atoms with Crippen molar-refractivity contribution in [3.8, 4) is 0 Å². The minimum absolute atomic E-state index is 0.125. The van der Waals surface area contributed by atoms with Crippen LogP contribution in [0, 0.1) is 11.8 Å². The molecule has 0 aromatic carbocycles. The standard InChI is InChI=1S/C12H23NO/c1-9(12(13)10(2)14)5-3-4-6-11-7-8-11/h9,11-12H,3-8,13H2,1-2H3. The van der Waals surface area contributed by atoms with Gasteiger partial charge in [-0.1, -0.05) is 39.0 Å². The number of carbonyl (C=O) groups is 1. The van der Waals surface area contributed by atoms with Crippen LogP contribution >= 0.6 is 0 Å². The van der Waals surface area contributed by atoms with Crippen LogP contribution in [-0.4, -0.2) is 11.8 Å². The van der Waals surface area contributed by atoms with Gasteiger partial charge in [-0.3, -0.25) is 4.79 Å². The van der Waals surface area contributed by atoms with Crippen molar-refractivity contribution in [2.75, 3.05) is 0 Å². The van der Waals surface area contributed by atoms with Gasteiger partial charge in [-0.25, -0.2) is 0 Å². The fourth-order valence-corrected chi connectivity index (χ4v) is 1.89. The summed E-state index contributed by atoms with van der Waals surface area (Å²) in [5.74, 6) is 1.51. The van der Waals surface area contributed by atoms with Crippen LogP contribution in [0.15, 0.2) is 0 Å². The smallest absolute Gasteiger partial charge is 0.146 e. The van der Waals surface area contributed by atoms with E-state index in [2.05, 4.69) is 6.92 Å². The average molecular weight is 197 g/mol. The van der Waals surface area contributed by atoms with Gasteiger partial charge in [0.1, 0.15) is 5.78 Å². The van der Waals surface area contributed by atoms with Crippen molar-refractivity contribution in [3.05, 3.63) is 0 Å². The zero-order valence-electron chi connectivity index (χ0n) is 9.46. The number of hydrogen-bond donors (Lipinski definition) is 1. The van der Waals surface area contributed by atoms with Crippen LogP contribution in [0.3, 0.4) is 0 Å². The van der Waals surface area contributed by atoms with Gasteiger partial charge in [0.25, 0.3) is 0 Å². The Kier molecular flexibility index (Phi) is 4.59. The Morgan fingerprint density at radius 1 is 1.43 bits per heavy atom. The van der Waals surface area contributed by atoms with E-state index in [0.29, 0.717) is 5.92 Å². The fourth-order valence-electron chi connectivity index (χ4n) is 1.89. The summed E-state index contributed by atoms with van der Waals surface area (Å²) in [6.07, 6.45) is 7.94. The van der Waals surface area contributed by atoms with Gasteiger partial charge < -0.3 is 5.73 Å². The molecule has 2 N–H and O–H groups in total. The van der Waals surface area contributed by atoms with Crippen molar-refractivity contribution in [1.29, 1.82) is 0 Å². The Morgan fingerprint density at radius 2 is 2.07 bits per heavy atom. The number of carbonyl (C=O) groups excluding carboxylic acids is 1. The zero-order chi connectivity index (χ0) is 10.6. The third-order valence-corrected chi connectivity index (χ3v) is 3.30. The number of hydrogen-bond acceptors (Lipinski definition) is 2. The summed E-state index contributed by atoms with van der Waals surface area (Å²) in [5.41, 5.74) is 5.76. The first-order valence-electron chi connectivity index (χ1n) is 5.87. The molecule has 2 heteroatoms. The van der Waals surface area contributed by atoms with Crippen molar-refractivity contribution in [2.24, 2.45) is 17.6 Å². The lowest BCUT2D eigenvalue weighted by Crippen LogP contribution is -2.35. The SMILES string of the molecule is CC(=O)C(N)C(C)CCCCC1CC1. The quantitative estimate of drug-likeness (QED) is 0.637. The molecule has 14 heavy (non-hydrogen) atoms. The first-order valence-corrected chi connectivity index (χ1v) is 5.87. The van der Waals surface area contributed by atoms with Crippen molar-refractivity contribution in [1.82, 2.24) is 0 Å². The highest BCUT2D eigenvalue weighted by molar-refractivity contribution is 5.81. The fraction of sp³-hybridized carbons (Fsp3) is 0.917. The highest BCUT2D eigenvalue weighted by Gasteiger charge is 2.21. The van der Waals surface area contributed by atoms with Gasteiger partial charge in [-0.05, 0) is 25.2 Å². The third kappa shape index (κ3) is 4.23. The van der Waals surface area contributed by atoms with Gasteiger partial charge in [0.15, 0.2) is 0 Å². The molecule has 0 aromatic rings. The molecule has 2 nitrogen and oxygen atoms in total. The van der Waals surface area contributed by atoms with Gasteiger partial charge in [-0.15, -0.1) is 0 Å². The Labute approximate surface area is 87.2 Å². The molecule has 1 aliphatic rings. The van der Waals surface area contributed by atoms with E-state index in [0.717, 1.165) is 12.3 Å². The number of nitrogens with two attached hydrogens (primary N) is 1. The summed E-state index contributed by atoms with van der Waals surface area (Å²) in [6.45, 7) is 3.68. The predicted octanol–water partition coefficient (Wildman–Crippen LogP) is 2.51. The maximum absolute atomic E-state index is 11.0. The van der Waals surface area contributed by atoms with Crippen LogP contribution in [0.2, 0.25) is 0 Å². The molecule has 0 bridgehead atoms. The Morgan fingerprint density at radius 3 is 2.57 bits per heavy atom. The first kappa shape index (κ1) is 11.7. The summed E-state index contributed by atoms with van der Waals surface area (Å²) in [6, 6.07) is -0.240. The monoisotopic (exact) mass is 197 g/mol. The molecule has 0 aliphatic heterocycles. The normalized spacial score (nSPS) is 20.5. The molecule has 0 heterocycles. The summed E-state index contributed by atoms with van der Waals surface area (Å²) in [7, 11) is 0. The number of ketones is 1. The molecule has 0 amide bonds. The van der Waals surface area contributed by atoms with Crippen LogP contribution in [0.25, 0.3) is 0 Å². The van der Waals surface area contributed by atoms with Crippen LogP contribution in [0.5, 0.6) is 0 Å². The number of rotatable bonds is 7. The summed E-state index contributed by atoms with van der Waals surface area (Å²) >= 11 is 0. The van der Waals surface area contributed by atoms with E-state index >= 15 is 0 Å². The van der Waals surface area contributed by atoms with E-state index < -0.39 is 0 Å². The lowest BCUT2D eigenvalue weighted by atomic mass is 9.93. The lowest BCUT2D eigenvalue weighted by molar-refractivity contribution is -0.119. The van der Waals surface area contributed by atoms with Gasteiger partial charge in [-0.2, -0.15) is 0 Å². The topological polar surface area (TPSA) is 43.1 Å². The second-order valence-corrected chi connectivity index (χ2v) is 4.84. The molecule has 0 aromatic heterocycles. The third-order valence-electron chi connectivity index (χ3n) is 3.30. The average Bonchev–Trinajstić information content (AvgIpc) is 2.94. The summed E-state index contributed by atoms with van der Waals surface area (Å²) in [5, 5.41) is 0. The lowest BCUT2D eigenvalue weighted by Gasteiger charge is -2.16. The maximum Gasteiger partial charge on any atom is 0.146 e. The molecule has 2 atom stereocenters. The Bertz CT molecular complexity index is 187. The van der Waals surface area contributed by atoms with Gasteiger partial charge >= 0.3 is 0 Å². The van der Waals surface area contributed by atoms with E-state index in [9.17, 15) is 4.79 Å². The van der Waals surface area contributed by atoms with Crippen LogP contribution in [0.1, 0.15) is 52.4 Å². The van der Waals surface area contributed by atoms with E-state index in [-0.39, 0.29) is 11.8 Å². The molecule has 0 saturated heterocycles. The largest absolute Gasteiger partial charge is 0.321 e. The molecule has 1 fully saturated rings. The molecule has 1 aliphatic carbocycles. The van der Waals surface area contributed by atoms with E-state index in [1.165, 1.54) is 32.1 Å². The minimum atomic E-state index is -0.240. The highest BCUT2D eigenvalue weighted by atomic mass is 16.1. The highest BCUT2D eigenvalue weighted by Crippen LogP contribution is 2.34. The molecule has 0 spiro atoms. The van der Waals surface area contributed by atoms with Crippen LogP contribution in [-0.2, 0) is 4.79 Å². The van der Waals surface area contributed by atoms with Crippen LogP contribution in [0.4, 0.5) is 0 Å². The van der Waals surface area contributed by atoms with Crippen LogP contribution < -0.4 is 5.73 Å². The minimum Gasteiger partial charge on any atom is -0.321 e. The van der Waals surface area contributed by atoms with Gasteiger partial charge in [0, 0.05) is 0 Å². The summed E-state index contributed by atoms with van der Waals surface area (Å²) < 4.78 is 0. The number of unbranched alkanes of at least 4 members (excludes halogenated alkanes) is 1. The van der Waals surface area contributed by atoms with E-state index in [1.807, 2.05) is 0 Å². The predicted molar refractivity (Wildman–Crippen MR) is 59.0 cm³/mol. The molecular formula is C12H23NO.